The molecular weight excluding hydrogens is 412 g/mol. The summed E-state index contributed by atoms with van der Waals surface area (Å²) in [6.45, 7) is 1.92. The fraction of sp³-hybridized carbons (Fsp3) is 0.600. The minimum Gasteiger partial charge on any atom is -0.496 e. The van der Waals surface area contributed by atoms with Gasteiger partial charge in [-0.1, -0.05) is 15.9 Å². The standard InChI is InChI=1S/C20H25BrN2O2S/c1-11-3-15(21)7-16(17(11)25-2)18(24)22-19(26)23-20-8-12-4-13(9-20)6-14(5-12)10-20/h3,7,12-14H,4-6,8-10H2,1-2H3,(H2,22,23,24,26). The van der Waals surface area contributed by atoms with E-state index in [1.54, 1.807) is 13.2 Å². The second-order valence-corrected chi connectivity index (χ2v) is 9.73. The first-order chi connectivity index (χ1) is 12.4. The van der Waals surface area contributed by atoms with Gasteiger partial charge in [-0.3, -0.25) is 10.1 Å². The molecule has 26 heavy (non-hydrogen) atoms. The van der Waals surface area contributed by atoms with Crippen molar-refractivity contribution in [3.63, 3.8) is 0 Å². The number of aryl methyl sites for hydroxylation is 1. The summed E-state index contributed by atoms with van der Waals surface area (Å²) < 4.78 is 6.27. The van der Waals surface area contributed by atoms with Gasteiger partial charge in [-0.25, -0.2) is 0 Å². The van der Waals surface area contributed by atoms with E-state index in [-0.39, 0.29) is 11.4 Å². The first kappa shape index (κ1) is 18.2. The van der Waals surface area contributed by atoms with Gasteiger partial charge in [0.15, 0.2) is 5.11 Å². The summed E-state index contributed by atoms with van der Waals surface area (Å²) in [4.78, 5) is 12.8. The van der Waals surface area contributed by atoms with Crippen LogP contribution in [0.25, 0.3) is 0 Å². The Kier molecular flexibility index (Phi) is 4.76. The predicted molar refractivity (Wildman–Crippen MR) is 110 cm³/mol. The zero-order chi connectivity index (χ0) is 18.5. The molecule has 0 spiro atoms. The normalized spacial score (nSPS) is 31.6. The molecular formula is C20H25BrN2O2S. The highest BCUT2D eigenvalue weighted by Crippen LogP contribution is 2.55. The highest BCUT2D eigenvalue weighted by molar-refractivity contribution is 9.10. The third-order valence-electron chi connectivity index (χ3n) is 6.33. The van der Waals surface area contributed by atoms with Crippen molar-refractivity contribution in [1.82, 2.24) is 10.6 Å². The molecule has 4 fully saturated rings. The molecule has 0 unspecified atom stereocenters. The van der Waals surface area contributed by atoms with E-state index < -0.39 is 0 Å². The van der Waals surface area contributed by atoms with Crippen molar-refractivity contribution in [2.45, 2.75) is 51.0 Å². The molecule has 4 nitrogen and oxygen atoms in total. The van der Waals surface area contributed by atoms with Crippen LogP contribution < -0.4 is 15.4 Å². The van der Waals surface area contributed by atoms with Crippen molar-refractivity contribution in [1.29, 1.82) is 0 Å². The molecule has 4 aliphatic carbocycles. The summed E-state index contributed by atoms with van der Waals surface area (Å²) in [5.74, 6) is 2.86. The van der Waals surface area contributed by atoms with Crippen LogP contribution in [0.3, 0.4) is 0 Å². The molecule has 0 radical (unpaired) electrons. The number of nitrogens with one attached hydrogen (secondary N) is 2. The number of rotatable bonds is 3. The predicted octanol–water partition coefficient (Wildman–Crippen LogP) is 4.34. The van der Waals surface area contributed by atoms with Crippen LogP contribution >= 0.6 is 28.1 Å². The topological polar surface area (TPSA) is 50.4 Å². The van der Waals surface area contributed by atoms with E-state index in [1.807, 2.05) is 13.0 Å². The Morgan fingerprint density at radius 2 is 1.77 bits per heavy atom. The average molecular weight is 437 g/mol. The molecule has 4 bridgehead atoms. The second kappa shape index (κ2) is 6.79. The maximum absolute atomic E-state index is 12.8. The van der Waals surface area contributed by atoms with Crippen molar-refractivity contribution in [3.8, 4) is 5.75 Å². The van der Waals surface area contributed by atoms with Crippen molar-refractivity contribution >= 4 is 39.2 Å². The largest absolute Gasteiger partial charge is 0.496 e. The van der Waals surface area contributed by atoms with Gasteiger partial charge in [0.2, 0.25) is 0 Å². The first-order valence-corrected chi connectivity index (χ1v) is 10.6. The van der Waals surface area contributed by atoms with Crippen LogP contribution in [0.15, 0.2) is 16.6 Å². The molecule has 0 atom stereocenters. The van der Waals surface area contributed by atoms with E-state index in [9.17, 15) is 4.79 Å². The summed E-state index contributed by atoms with van der Waals surface area (Å²) in [5.41, 5.74) is 1.50. The molecule has 1 aromatic carbocycles. The number of benzene rings is 1. The molecule has 6 heteroatoms. The van der Waals surface area contributed by atoms with Gasteiger partial charge in [0.05, 0.1) is 12.7 Å². The maximum atomic E-state index is 12.8. The molecule has 1 amide bonds. The zero-order valence-corrected chi connectivity index (χ0v) is 17.6. The Morgan fingerprint density at radius 1 is 1.19 bits per heavy atom. The van der Waals surface area contributed by atoms with Gasteiger partial charge >= 0.3 is 0 Å². The number of carbonyl (C=O) groups excluding carboxylic acids is 1. The van der Waals surface area contributed by atoms with Gasteiger partial charge in [-0.05, 0) is 93.1 Å². The second-order valence-electron chi connectivity index (χ2n) is 8.41. The monoisotopic (exact) mass is 436 g/mol. The van der Waals surface area contributed by atoms with Crippen LogP contribution in [0.1, 0.15) is 54.4 Å². The molecule has 1 aromatic rings. The summed E-state index contributed by atoms with van der Waals surface area (Å²) >= 11 is 8.97. The van der Waals surface area contributed by atoms with E-state index in [4.69, 9.17) is 17.0 Å². The first-order valence-electron chi connectivity index (χ1n) is 9.35. The summed E-state index contributed by atoms with van der Waals surface area (Å²) in [5, 5.41) is 6.86. The van der Waals surface area contributed by atoms with E-state index >= 15 is 0 Å². The molecule has 0 heterocycles. The number of ether oxygens (including phenoxy) is 1. The fourth-order valence-electron chi connectivity index (χ4n) is 5.88. The Labute approximate surface area is 168 Å². The van der Waals surface area contributed by atoms with Gasteiger partial charge < -0.3 is 10.1 Å². The SMILES string of the molecule is COc1c(C)cc(Br)cc1C(=O)NC(=S)NC12CC3CC(CC(C3)C1)C2. The molecule has 5 rings (SSSR count). The lowest BCUT2D eigenvalue weighted by molar-refractivity contribution is -0.0101. The third kappa shape index (κ3) is 3.38. The van der Waals surface area contributed by atoms with Gasteiger partial charge in [-0.15, -0.1) is 0 Å². The summed E-state index contributed by atoms with van der Waals surface area (Å²) in [6.07, 6.45) is 7.72. The Hall–Kier alpha value is -1.14. The Bertz CT molecular complexity index is 729. The molecule has 2 N–H and O–H groups in total. The van der Waals surface area contributed by atoms with Crippen LogP contribution in [-0.2, 0) is 0 Å². The lowest BCUT2D eigenvalue weighted by Gasteiger charge is -2.57. The van der Waals surface area contributed by atoms with Crippen molar-refractivity contribution in [3.05, 3.63) is 27.7 Å². The van der Waals surface area contributed by atoms with Crippen LogP contribution in [0.4, 0.5) is 0 Å². The molecule has 0 aromatic heterocycles. The number of hydrogen-bond acceptors (Lipinski definition) is 3. The molecule has 4 aliphatic rings. The van der Waals surface area contributed by atoms with E-state index in [0.29, 0.717) is 16.4 Å². The minimum absolute atomic E-state index is 0.0936. The van der Waals surface area contributed by atoms with Crippen LogP contribution in [-0.4, -0.2) is 23.7 Å². The Balaban J connectivity index is 1.47. The zero-order valence-electron chi connectivity index (χ0n) is 15.2. The fourth-order valence-corrected chi connectivity index (χ4v) is 6.76. The van der Waals surface area contributed by atoms with Crippen molar-refractivity contribution in [2.24, 2.45) is 17.8 Å². The average Bonchev–Trinajstić information content (AvgIpc) is 2.52. The van der Waals surface area contributed by atoms with Crippen LogP contribution in [0, 0.1) is 24.7 Å². The van der Waals surface area contributed by atoms with Gasteiger partial charge in [0.1, 0.15) is 5.75 Å². The lowest BCUT2D eigenvalue weighted by atomic mass is 9.53. The van der Waals surface area contributed by atoms with E-state index in [0.717, 1.165) is 27.8 Å². The summed E-state index contributed by atoms with van der Waals surface area (Å²) in [7, 11) is 1.58. The van der Waals surface area contributed by atoms with Gasteiger partial charge in [0.25, 0.3) is 5.91 Å². The van der Waals surface area contributed by atoms with E-state index in [1.165, 1.54) is 38.5 Å². The molecule has 140 valence electrons. The molecule has 4 saturated carbocycles. The number of carbonyl (C=O) groups is 1. The van der Waals surface area contributed by atoms with E-state index in [2.05, 4.69) is 26.6 Å². The highest BCUT2D eigenvalue weighted by Gasteiger charge is 2.51. The maximum Gasteiger partial charge on any atom is 0.261 e. The number of halogens is 1. The van der Waals surface area contributed by atoms with Crippen molar-refractivity contribution in [2.75, 3.05) is 7.11 Å². The van der Waals surface area contributed by atoms with Gasteiger partial charge in [0, 0.05) is 10.0 Å². The quantitative estimate of drug-likeness (QED) is 0.691. The number of amides is 1. The highest BCUT2D eigenvalue weighted by atomic mass is 79.9. The number of hydrogen-bond donors (Lipinski definition) is 2. The van der Waals surface area contributed by atoms with Crippen LogP contribution in [0.5, 0.6) is 5.75 Å². The smallest absolute Gasteiger partial charge is 0.261 e. The van der Waals surface area contributed by atoms with Crippen molar-refractivity contribution < 1.29 is 9.53 Å². The number of methoxy groups -OCH3 is 1. The molecule has 0 saturated heterocycles. The Morgan fingerprint density at radius 3 is 2.31 bits per heavy atom. The summed E-state index contributed by atoms with van der Waals surface area (Å²) in [6, 6.07) is 3.70. The van der Waals surface area contributed by atoms with Gasteiger partial charge in [-0.2, -0.15) is 0 Å². The minimum atomic E-state index is -0.228. The lowest BCUT2D eigenvalue weighted by Crippen LogP contribution is -2.61. The number of thiocarbonyl (C=S) groups is 1. The van der Waals surface area contributed by atoms with Crippen LogP contribution in [0.2, 0.25) is 0 Å². The third-order valence-corrected chi connectivity index (χ3v) is 6.99. The molecule has 0 aliphatic heterocycles.